The number of hydrogen-bond acceptors (Lipinski definition) is 3. The van der Waals surface area contributed by atoms with Crippen LogP contribution in [0.1, 0.15) is 42.1 Å². The van der Waals surface area contributed by atoms with Crippen molar-refractivity contribution in [1.29, 1.82) is 0 Å². The molecule has 0 aliphatic heterocycles. The number of hydrogen-bond donors (Lipinski definition) is 1. The molecule has 3 heteroatoms. The lowest BCUT2D eigenvalue weighted by atomic mass is 10.2. The number of carbonyl (C=O) groups is 1. The van der Waals surface area contributed by atoms with Gasteiger partial charge in [0.05, 0.1) is 0 Å². The summed E-state index contributed by atoms with van der Waals surface area (Å²) in [4.78, 5) is 12.2. The zero-order valence-electron chi connectivity index (χ0n) is 13.8. The Labute approximate surface area is 142 Å². The molecule has 0 fully saturated rings. The Morgan fingerprint density at radius 1 is 1.08 bits per heavy atom. The van der Waals surface area contributed by atoms with Crippen molar-refractivity contribution in [3.05, 3.63) is 83.6 Å². The summed E-state index contributed by atoms with van der Waals surface area (Å²) in [5.74, 6) is -0.0157. The summed E-state index contributed by atoms with van der Waals surface area (Å²) in [5, 5.41) is 9.76. The van der Waals surface area contributed by atoms with Crippen molar-refractivity contribution >= 4 is 12.0 Å². The van der Waals surface area contributed by atoms with Gasteiger partial charge in [-0.15, -0.1) is 0 Å². The van der Waals surface area contributed by atoms with Gasteiger partial charge >= 0.3 is 5.97 Å². The third kappa shape index (κ3) is 5.43. The molecule has 0 unspecified atom stereocenters. The van der Waals surface area contributed by atoms with Gasteiger partial charge in [0.25, 0.3) is 0 Å². The van der Waals surface area contributed by atoms with Crippen molar-refractivity contribution in [3.8, 4) is 5.75 Å². The van der Waals surface area contributed by atoms with Crippen LogP contribution in [-0.2, 0) is 4.74 Å². The first-order valence-electron chi connectivity index (χ1n) is 8.13. The van der Waals surface area contributed by atoms with E-state index in [-0.39, 0.29) is 11.3 Å². The number of para-hydroxylation sites is 1. The molecule has 2 aromatic carbocycles. The zero-order chi connectivity index (χ0) is 17.2. The third-order valence-corrected chi connectivity index (χ3v) is 3.49. The number of ether oxygens (including phenoxy) is 1. The first-order valence-corrected chi connectivity index (χ1v) is 8.13. The number of carbonyl (C=O) groups excluding carboxylic acids is 1. The van der Waals surface area contributed by atoms with Gasteiger partial charge in [-0.3, -0.25) is 0 Å². The fourth-order valence-corrected chi connectivity index (χ4v) is 2.17. The maximum atomic E-state index is 12.2. The topological polar surface area (TPSA) is 46.5 Å². The van der Waals surface area contributed by atoms with Crippen LogP contribution in [-0.4, -0.2) is 11.1 Å². The highest BCUT2D eigenvalue weighted by Gasteiger charge is 2.13. The van der Waals surface area contributed by atoms with Crippen molar-refractivity contribution in [2.75, 3.05) is 0 Å². The second-order valence-corrected chi connectivity index (χ2v) is 5.41. The number of phenols is 1. The van der Waals surface area contributed by atoms with E-state index in [1.807, 2.05) is 42.5 Å². The molecule has 124 valence electrons. The molecule has 0 aliphatic rings. The number of aromatic hydroxyl groups is 1. The number of allylic oxidation sites excluding steroid dienone is 3. The summed E-state index contributed by atoms with van der Waals surface area (Å²) in [6.45, 7) is 2.09. The van der Waals surface area contributed by atoms with Crippen LogP contribution >= 0.6 is 0 Å². The fraction of sp³-hybridized carbons (Fsp3) is 0.190. The van der Waals surface area contributed by atoms with Crippen molar-refractivity contribution in [2.45, 2.75) is 26.2 Å². The summed E-state index contributed by atoms with van der Waals surface area (Å²) in [6, 6.07) is 16.3. The molecule has 0 spiro atoms. The molecule has 24 heavy (non-hydrogen) atoms. The SMILES string of the molecule is CCCCC(=CC=Cc1ccccc1)OC(=O)c1ccccc1O. The summed E-state index contributed by atoms with van der Waals surface area (Å²) in [5.41, 5.74) is 1.25. The number of esters is 1. The van der Waals surface area contributed by atoms with Crippen LogP contribution in [0.4, 0.5) is 0 Å². The van der Waals surface area contributed by atoms with Crippen molar-refractivity contribution in [2.24, 2.45) is 0 Å². The van der Waals surface area contributed by atoms with Gasteiger partial charge in [-0.2, -0.15) is 0 Å². The highest BCUT2D eigenvalue weighted by atomic mass is 16.5. The van der Waals surface area contributed by atoms with E-state index in [9.17, 15) is 9.90 Å². The summed E-state index contributed by atoms with van der Waals surface area (Å²) in [7, 11) is 0. The largest absolute Gasteiger partial charge is 0.507 e. The minimum Gasteiger partial charge on any atom is -0.507 e. The number of benzene rings is 2. The van der Waals surface area contributed by atoms with E-state index in [0.717, 1.165) is 18.4 Å². The van der Waals surface area contributed by atoms with Gasteiger partial charge in [-0.05, 0) is 30.2 Å². The quantitative estimate of drug-likeness (QED) is 0.425. The van der Waals surface area contributed by atoms with Crippen molar-refractivity contribution in [3.63, 3.8) is 0 Å². The van der Waals surface area contributed by atoms with Crippen molar-refractivity contribution in [1.82, 2.24) is 0 Å². The molecular formula is C21H22O3. The lowest BCUT2D eigenvalue weighted by Crippen LogP contribution is -2.05. The predicted molar refractivity (Wildman–Crippen MR) is 96.6 cm³/mol. The van der Waals surface area contributed by atoms with Gasteiger partial charge < -0.3 is 9.84 Å². The second kappa shape index (κ2) is 9.36. The average Bonchev–Trinajstić information content (AvgIpc) is 2.60. The van der Waals surface area contributed by atoms with Gasteiger partial charge in [0.2, 0.25) is 0 Å². The molecule has 1 N–H and O–H groups in total. The predicted octanol–water partition coefficient (Wildman–Crippen LogP) is 5.34. The molecule has 2 rings (SSSR count). The van der Waals surface area contributed by atoms with Gasteiger partial charge in [0.1, 0.15) is 17.1 Å². The van der Waals surface area contributed by atoms with Gasteiger partial charge in [0.15, 0.2) is 0 Å². The van der Waals surface area contributed by atoms with E-state index in [4.69, 9.17) is 4.74 Å². The Bertz CT molecular complexity index is 715. The van der Waals surface area contributed by atoms with E-state index < -0.39 is 5.97 Å². The second-order valence-electron chi connectivity index (χ2n) is 5.41. The first kappa shape index (κ1) is 17.5. The lowest BCUT2D eigenvalue weighted by Gasteiger charge is -2.09. The molecule has 0 aromatic heterocycles. The number of rotatable bonds is 7. The molecule has 0 bridgehead atoms. The molecule has 0 radical (unpaired) electrons. The van der Waals surface area contributed by atoms with E-state index >= 15 is 0 Å². The minimum atomic E-state index is -0.538. The monoisotopic (exact) mass is 322 g/mol. The van der Waals surface area contributed by atoms with Gasteiger partial charge in [-0.25, -0.2) is 4.79 Å². The molecule has 0 atom stereocenters. The number of phenolic OH excluding ortho intramolecular Hbond substituents is 1. The van der Waals surface area contributed by atoms with Crippen LogP contribution in [0.25, 0.3) is 6.08 Å². The Balaban J connectivity index is 2.10. The maximum absolute atomic E-state index is 12.2. The molecule has 0 amide bonds. The summed E-state index contributed by atoms with van der Waals surface area (Å²) >= 11 is 0. The van der Waals surface area contributed by atoms with Crippen LogP contribution in [0.5, 0.6) is 5.75 Å². The van der Waals surface area contributed by atoms with Crippen LogP contribution in [0.15, 0.2) is 72.5 Å². The smallest absolute Gasteiger partial charge is 0.346 e. The molecule has 3 nitrogen and oxygen atoms in total. The van der Waals surface area contributed by atoms with Crippen LogP contribution in [0.3, 0.4) is 0 Å². The molecule has 0 aliphatic carbocycles. The van der Waals surface area contributed by atoms with Crippen molar-refractivity contribution < 1.29 is 14.6 Å². The van der Waals surface area contributed by atoms with Crippen LogP contribution < -0.4 is 0 Å². The minimum absolute atomic E-state index is 0.0721. The first-order chi connectivity index (χ1) is 11.7. The summed E-state index contributed by atoms with van der Waals surface area (Å²) < 4.78 is 5.47. The van der Waals surface area contributed by atoms with Gasteiger partial charge in [0, 0.05) is 6.42 Å². The Hall–Kier alpha value is -2.81. The summed E-state index contributed by atoms with van der Waals surface area (Å²) in [6.07, 6.45) is 8.25. The maximum Gasteiger partial charge on any atom is 0.346 e. The third-order valence-electron chi connectivity index (χ3n) is 3.49. The standard InChI is InChI=1S/C21H22O3/c1-2-3-13-18(14-9-12-17-10-5-4-6-11-17)24-21(23)19-15-7-8-16-20(19)22/h4-12,14-16,22H,2-3,13H2,1H3. The molecule has 0 heterocycles. The van der Waals surface area contributed by atoms with E-state index in [0.29, 0.717) is 12.2 Å². The van der Waals surface area contributed by atoms with E-state index in [1.54, 1.807) is 24.3 Å². The van der Waals surface area contributed by atoms with Gasteiger partial charge in [-0.1, -0.05) is 68.0 Å². The average molecular weight is 322 g/mol. The molecule has 0 saturated carbocycles. The zero-order valence-corrected chi connectivity index (χ0v) is 13.8. The Kier molecular flexibility index (Phi) is 6.84. The Morgan fingerprint density at radius 3 is 2.50 bits per heavy atom. The highest BCUT2D eigenvalue weighted by Crippen LogP contribution is 2.19. The highest BCUT2D eigenvalue weighted by molar-refractivity contribution is 5.92. The van der Waals surface area contributed by atoms with Crippen LogP contribution in [0.2, 0.25) is 0 Å². The fourth-order valence-electron chi connectivity index (χ4n) is 2.17. The molecule has 0 saturated heterocycles. The lowest BCUT2D eigenvalue weighted by molar-refractivity contribution is 0.0610. The van der Waals surface area contributed by atoms with E-state index in [2.05, 4.69) is 6.92 Å². The Morgan fingerprint density at radius 2 is 1.79 bits per heavy atom. The normalized spacial score (nSPS) is 11.6. The van der Waals surface area contributed by atoms with E-state index in [1.165, 1.54) is 6.07 Å². The van der Waals surface area contributed by atoms with Crippen LogP contribution in [0, 0.1) is 0 Å². The number of unbranched alkanes of at least 4 members (excludes halogenated alkanes) is 1. The molecule has 2 aromatic rings. The molecular weight excluding hydrogens is 300 g/mol.